The highest BCUT2D eigenvalue weighted by Crippen LogP contribution is 2.57. The Morgan fingerprint density at radius 2 is 1.30 bits per heavy atom. The molecule has 342 valence electrons. The highest BCUT2D eigenvalue weighted by Gasteiger charge is 2.44. The molecule has 66 heavy (non-hydrogen) atoms. The second-order valence-corrected chi connectivity index (χ2v) is 22.5. The van der Waals surface area contributed by atoms with Gasteiger partial charge in [0.25, 0.3) is 0 Å². The van der Waals surface area contributed by atoms with Gasteiger partial charge in [-0.05, 0) is 168 Å². The van der Waals surface area contributed by atoms with Crippen LogP contribution in [0.2, 0.25) is 0 Å². The number of hydrogen-bond donors (Lipinski definition) is 0. The number of aryl methyl sites for hydroxylation is 2. The molecular weight excluding hydrogens is 797 g/mol. The van der Waals surface area contributed by atoms with Crippen LogP contribution in [0.5, 0.6) is 0 Å². The van der Waals surface area contributed by atoms with Crippen molar-refractivity contribution >= 4 is 22.7 Å². The van der Waals surface area contributed by atoms with E-state index in [9.17, 15) is 0 Å². The smallest absolute Gasteiger partial charge is 0.0514 e. The van der Waals surface area contributed by atoms with Gasteiger partial charge in [-0.25, -0.2) is 0 Å². The van der Waals surface area contributed by atoms with Crippen LogP contribution in [0.15, 0.2) is 175 Å². The van der Waals surface area contributed by atoms with Crippen LogP contribution in [0.1, 0.15) is 135 Å². The highest BCUT2D eigenvalue weighted by atomic mass is 15.2. The zero-order valence-electron chi connectivity index (χ0n) is 43.3. The summed E-state index contributed by atoms with van der Waals surface area (Å²) < 4.78 is 0. The summed E-state index contributed by atoms with van der Waals surface area (Å²) in [6.45, 7) is 51.0. The Labute approximate surface area is 399 Å². The maximum atomic E-state index is 4.90. The molecule has 0 saturated heterocycles. The van der Waals surface area contributed by atoms with Crippen molar-refractivity contribution in [2.24, 2.45) is 10.8 Å². The normalized spacial score (nSPS) is 20.3. The van der Waals surface area contributed by atoms with Crippen molar-refractivity contribution in [3.8, 4) is 11.1 Å². The van der Waals surface area contributed by atoms with Crippen LogP contribution in [-0.2, 0) is 16.2 Å². The molecule has 7 rings (SSSR count). The summed E-state index contributed by atoms with van der Waals surface area (Å²) in [5, 5.41) is 0. The van der Waals surface area contributed by atoms with E-state index in [-0.39, 0.29) is 21.7 Å². The van der Waals surface area contributed by atoms with E-state index in [1.54, 1.807) is 0 Å². The van der Waals surface area contributed by atoms with Gasteiger partial charge in [-0.15, -0.1) is 0 Å². The number of benzene rings is 4. The molecule has 3 aliphatic rings. The van der Waals surface area contributed by atoms with Crippen molar-refractivity contribution in [3.63, 3.8) is 0 Å². The van der Waals surface area contributed by atoms with Crippen molar-refractivity contribution in [1.82, 2.24) is 0 Å². The minimum atomic E-state index is -0.413. The van der Waals surface area contributed by atoms with E-state index in [4.69, 9.17) is 13.2 Å². The first-order chi connectivity index (χ1) is 30.7. The maximum Gasteiger partial charge on any atom is 0.0514 e. The molecule has 3 aliphatic carbocycles. The number of hydrogen-bond acceptors (Lipinski definition) is 2. The Kier molecular flexibility index (Phi) is 12.5. The minimum Gasteiger partial charge on any atom is -0.310 e. The first-order valence-electron chi connectivity index (χ1n) is 24.0. The molecule has 0 aromatic heterocycles. The summed E-state index contributed by atoms with van der Waals surface area (Å²) >= 11 is 0. The molecule has 2 nitrogen and oxygen atoms in total. The Balaban J connectivity index is 1.59. The average molecular weight is 873 g/mol. The van der Waals surface area contributed by atoms with Crippen molar-refractivity contribution in [2.75, 3.05) is 9.80 Å². The van der Waals surface area contributed by atoms with E-state index in [2.05, 4.69) is 249 Å². The second kappa shape index (κ2) is 17.1. The second-order valence-electron chi connectivity index (χ2n) is 22.5. The molecule has 0 spiro atoms. The molecule has 4 aromatic carbocycles. The molecule has 0 unspecified atom stereocenters. The van der Waals surface area contributed by atoms with Crippen LogP contribution in [0.3, 0.4) is 0 Å². The monoisotopic (exact) mass is 873 g/mol. The molecule has 0 N–H and O–H groups in total. The van der Waals surface area contributed by atoms with E-state index < -0.39 is 5.41 Å². The van der Waals surface area contributed by atoms with Crippen molar-refractivity contribution in [2.45, 2.75) is 133 Å². The average Bonchev–Trinajstić information content (AvgIpc) is 3.57. The summed E-state index contributed by atoms with van der Waals surface area (Å²) in [5.41, 5.74) is 21.8. The fourth-order valence-electron chi connectivity index (χ4n) is 11.4. The van der Waals surface area contributed by atoms with Gasteiger partial charge in [-0.2, -0.15) is 0 Å². The van der Waals surface area contributed by atoms with E-state index in [0.717, 1.165) is 62.6 Å². The summed E-state index contributed by atoms with van der Waals surface area (Å²) in [5.74, 6) is 0. The first kappa shape index (κ1) is 48.1. The summed E-state index contributed by atoms with van der Waals surface area (Å²) in [6.07, 6.45) is 20.9. The van der Waals surface area contributed by atoms with E-state index in [1.165, 1.54) is 50.3 Å². The molecule has 0 bridgehead atoms. The molecule has 0 saturated carbocycles. The molecule has 0 fully saturated rings. The molecule has 4 aromatic rings. The third-order valence-electron chi connectivity index (χ3n) is 14.9. The van der Waals surface area contributed by atoms with Gasteiger partial charge in [0.1, 0.15) is 0 Å². The molecule has 0 heterocycles. The van der Waals surface area contributed by atoms with Crippen LogP contribution in [-0.4, -0.2) is 0 Å². The lowest BCUT2D eigenvalue weighted by atomic mass is 9.77. The SMILES string of the molecule is C=C(/C=C(C)\C=C/C)N(/C1=C/C(=C)C(C)(C)C(=C)/C=C\C=CC(C)(C)C=C1C)c1cc(C)cc(N(c2cc3c(cc2C)C(C)(C)CC3(C)C)c2cccc3c2C(C)(C)c2ccccc2-3)c1C. The van der Waals surface area contributed by atoms with Crippen LogP contribution in [0.4, 0.5) is 22.7 Å². The Morgan fingerprint density at radius 1 is 0.667 bits per heavy atom. The van der Waals surface area contributed by atoms with Gasteiger partial charge in [0.05, 0.1) is 17.1 Å². The van der Waals surface area contributed by atoms with Gasteiger partial charge in [-0.1, -0.05) is 174 Å². The number of anilines is 4. The van der Waals surface area contributed by atoms with Gasteiger partial charge in [0.15, 0.2) is 0 Å². The van der Waals surface area contributed by atoms with E-state index in [0.29, 0.717) is 0 Å². The first-order valence-corrected chi connectivity index (χ1v) is 24.0. The fraction of sp³-hybridized carbons (Fsp3) is 0.344. The number of rotatable bonds is 8. The van der Waals surface area contributed by atoms with Crippen LogP contribution < -0.4 is 9.80 Å². The standard InChI is InChI=1S/C64H76N2/c1-20-26-41(2)33-47(8)65(55-37-46(7)63(16,17)45(6)27-23-24-32-60(10,11)39-44(55)5)57-34-42(3)35-58(48(57)9)66(56-38-53-52(36-43(56)4)61(12,13)40-62(53,14)15)54-31-25-29-50-49-28-21-22-30-51(49)64(18,19)59(50)54/h20-39H,6-8,40H2,1-5,9-19H3/b26-20-,27-23-,32-24?,41-33-,44-39?,55-37+. The predicted molar refractivity (Wildman–Crippen MR) is 290 cm³/mol. The summed E-state index contributed by atoms with van der Waals surface area (Å²) in [4.78, 5) is 5.01. The Hall–Kier alpha value is -5.86. The van der Waals surface area contributed by atoms with Gasteiger partial charge in [0, 0.05) is 33.3 Å². The Bertz CT molecular complexity index is 2860. The van der Waals surface area contributed by atoms with Crippen LogP contribution in [0.25, 0.3) is 11.1 Å². The number of nitrogens with zero attached hydrogens (tertiary/aromatic N) is 2. The predicted octanol–water partition coefficient (Wildman–Crippen LogP) is 18.3. The topological polar surface area (TPSA) is 6.48 Å². The zero-order valence-corrected chi connectivity index (χ0v) is 43.3. The maximum absolute atomic E-state index is 4.90. The number of fused-ring (bicyclic) bond motifs is 4. The summed E-state index contributed by atoms with van der Waals surface area (Å²) in [7, 11) is 0. The summed E-state index contributed by atoms with van der Waals surface area (Å²) in [6, 6.07) is 25.7. The van der Waals surface area contributed by atoms with Crippen molar-refractivity contribution in [3.05, 3.63) is 214 Å². The van der Waals surface area contributed by atoms with Gasteiger partial charge < -0.3 is 9.80 Å². The highest BCUT2D eigenvalue weighted by molar-refractivity contribution is 5.93. The lowest BCUT2D eigenvalue weighted by Gasteiger charge is -2.37. The Morgan fingerprint density at radius 3 is 1.98 bits per heavy atom. The van der Waals surface area contributed by atoms with E-state index in [1.807, 2.05) is 0 Å². The van der Waals surface area contributed by atoms with E-state index >= 15 is 0 Å². The van der Waals surface area contributed by atoms with Crippen molar-refractivity contribution < 1.29 is 0 Å². The lowest BCUT2D eigenvalue weighted by molar-refractivity contribution is 0.403. The quantitative estimate of drug-likeness (QED) is 0.163. The van der Waals surface area contributed by atoms with Gasteiger partial charge in [-0.3, -0.25) is 0 Å². The molecule has 0 radical (unpaired) electrons. The van der Waals surface area contributed by atoms with Crippen LogP contribution >= 0.6 is 0 Å². The molecule has 2 heteroatoms. The molecule has 0 aliphatic heterocycles. The number of allylic oxidation sites excluding steroid dienone is 13. The van der Waals surface area contributed by atoms with Crippen LogP contribution in [0, 0.1) is 31.6 Å². The molecule has 0 amide bonds. The van der Waals surface area contributed by atoms with Gasteiger partial charge in [0.2, 0.25) is 0 Å². The van der Waals surface area contributed by atoms with Crippen molar-refractivity contribution in [1.29, 1.82) is 0 Å². The molecule has 0 atom stereocenters. The van der Waals surface area contributed by atoms with Gasteiger partial charge >= 0.3 is 0 Å². The lowest BCUT2D eigenvalue weighted by Crippen LogP contribution is -2.26. The zero-order chi connectivity index (χ0) is 48.5. The largest absolute Gasteiger partial charge is 0.310 e. The fourth-order valence-corrected chi connectivity index (χ4v) is 11.4. The third kappa shape index (κ3) is 8.53. The third-order valence-corrected chi connectivity index (χ3v) is 14.9. The molecular formula is C64H76N2. The minimum absolute atomic E-state index is 0.0177.